The van der Waals surface area contributed by atoms with Crippen LogP contribution in [-0.4, -0.2) is 48.8 Å². The van der Waals surface area contributed by atoms with Crippen LogP contribution in [-0.2, 0) is 4.74 Å². The summed E-state index contributed by atoms with van der Waals surface area (Å²) in [6, 6.07) is 5.10. The van der Waals surface area contributed by atoms with E-state index in [-0.39, 0.29) is 0 Å². The molecule has 0 aromatic carbocycles. The first-order valence-electron chi connectivity index (χ1n) is 7.61. The van der Waals surface area contributed by atoms with Crippen LogP contribution in [0.1, 0.15) is 25.5 Å². The van der Waals surface area contributed by atoms with E-state index < -0.39 is 0 Å². The molecule has 0 amide bonds. The highest BCUT2D eigenvalue weighted by molar-refractivity contribution is 7.17. The summed E-state index contributed by atoms with van der Waals surface area (Å²) in [6.07, 6.45) is 1.99. The zero-order valence-electron chi connectivity index (χ0n) is 12.7. The molecule has 0 saturated carbocycles. The van der Waals surface area contributed by atoms with Gasteiger partial charge in [-0.05, 0) is 36.9 Å². The Morgan fingerprint density at radius 2 is 2.19 bits per heavy atom. The largest absolute Gasteiger partial charge is 0.379 e. The lowest BCUT2D eigenvalue weighted by Crippen LogP contribution is -2.44. The zero-order valence-corrected chi connectivity index (χ0v) is 13.5. The lowest BCUT2D eigenvalue weighted by Gasteiger charge is -2.30. The van der Waals surface area contributed by atoms with Crippen LogP contribution in [0.2, 0.25) is 0 Å². The van der Waals surface area contributed by atoms with E-state index in [2.05, 4.69) is 46.6 Å². The topological polar surface area (TPSA) is 37.4 Å². The summed E-state index contributed by atoms with van der Waals surface area (Å²) < 4.78 is 6.66. The maximum Gasteiger partial charge on any atom is 0.0809 e. The number of rotatable bonds is 5. The maximum atomic E-state index is 5.40. The number of aromatic nitrogens is 1. The van der Waals surface area contributed by atoms with E-state index >= 15 is 0 Å². The Labute approximate surface area is 130 Å². The van der Waals surface area contributed by atoms with E-state index in [0.29, 0.717) is 12.1 Å². The van der Waals surface area contributed by atoms with Crippen LogP contribution in [0.3, 0.4) is 0 Å². The Morgan fingerprint density at radius 3 is 3.00 bits per heavy atom. The van der Waals surface area contributed by atoms with Gasteiger partial charge in [-0.3, -0.25) is 9.88 Å². The molecule has 1 aliphatic rings. The van der Waals surface area contributed by atoms with Crippen LogP contribution in [0.5, 0.6) is 0 Å². The first-order valence-corrected chi connectivity index (χ1v) is 8.49. The van der Waals surface area contributed by atoms with Crippen molar-refractivity contribution in [3.05, 3.63) is 29.3 Å². The summed E-state index contributed by atoms with van der Waals surface area (Å²) in [5, 5.41) is 5.78. The molecule has 21 heavy (non-hydrogen) atoms. The van der Waals surface area contributed by atoms with Crippen molar-refractivity contribution < 1.29 is 4.74 Å². The molecule has 2 aromatic rings. The highest BCUT2D eigenvalue weighted by Gasteiger charge is 2.16. The van der Waals surface area contributed by atoms with Gasteiger partial charge in [0.2, 0.25) is 0 Å². The predicted molar refractivity (Wildman–Crippen MR) is 87.9 cm³/mol. The molecule has 3 heterocycles. The lowest BCUT2D eigenvalue weighted by molar-refractivity contribution is 0.0339. The van der Waals surface area contributed by atoms with Crippen molar-refractivity contribution in [1.29, 1.82) is 0 Å². The molecule has 1 fully saturated rings. The van der Waals surface area contributed by atoms with Crippen LogP contribution in [0, 0.1) is 0 Å². The van der Waals surface area contributed by atoms with Crippen molar-refractivity contribution in [2.45, 2.75) is 25.9 Å². The van der Waals surface area contributed by atoms with Crippen molar-refractivity contribution >= 4 is 21.6 Å². The number of fused-ring (bicyclic) bond motifs is 1. The van der Waals surface area contributed by atoms with Crippen LogP contribution in [0.15, 0.2) is 23.7 Å². The zero-order chi connectivity index (χ0) is 14.7. The van der Waals surface area contributed by atoms with E-state index in [4.69, 9.17) is 4.74 Å². The molecule has 1 aliphatic heterocycles. The Balaban J connectivity index is 1.57. The van der Waals surface area contributed by atoms with Gasteiger partial charge in [0.05, 0.1) is 23.4 Å². The van der Waals surface area contributed by atoms with Gasteiger partial charge in [0.1, 0.15) is 0 Å². The highest BCUT2D eigenvalue weighted by Crippen LogP contribution is 2.22. The standard InChI is InChI=1S/C16H23N3OS/c1-12(11-19-4-6-20-7-5-19)18-13(2)14-9-16-15(17-10-14)3-8-21-16/h3,8-10,12-13,18H,4-7,11H2,1-2H3. The number of hydrogen-bond acceptors (Lipinski definition) is 5. The summed E-state index contributed by atoms with van der Waals surface area (Å²) in [7, 11) is 0. The summed E-state index contributed by atoms with van der Waals surface area (Å²) in [5.74, 6) is 0. The molecule has 1 saturated heterocycles. The monoisotopic (exact) mass is 305 g/mol. The molecule has 2 atom stereocenters. The molecule has 2 unspecified atom stereocenters. The second kappa shape index (κ2) is 6.83. The molecule has 5 heteroatoms. The molecule has 114 valence electrons. The van der Waals surface area contributed by atoms with Gasteiger partial charge in [0, 0.05) is 37.9 Å². The minimum atomic E-state index is 0.319. The van der Waals surface area contributed by atoms with Crippen molar-refractivity contribution in [2.24, 2.45) is 0 Å². The average Bonchev–Trinajstić information content (AvgIpc) is 2.95. The van der Waals surface area contributed by atoms with Gasteiger partial charge in [0.15, 0.2) is 0 Å². The van der Waals surface area contributed by atoms with Gasteiger partial charge in [-0.2, -0.15) is 0 Å². The van der Waals surface area contributed by atoms with Crippen LogP contribution >= 0.6 is 11.3 Å². The second-order valence-corrected chi connectivity index (χ2v) is 6.72. The van der Waals surface area contributed by atoms with E-state index in [1.54, 1.807) is 11.3 Å². The van der Waals surface area contributed by atoms with Crippen molar-refractivity contribution in [3.8, 4) is 0 Å². The Kier molecular flexibility index (Phi) is 4.85. The molecule has 2 aromatic heterocycles. The van der Waals surface area contributed by atoms with Gasteiger partial charge in [0.25, 0.3) is 0 Å². The number of nitrogens with zero attached hydrogens (tertiary/aromatic N) is 2. The molecule has 0 bridgehead atoms. The molecule has 3 rings (SSSR count). The number of nitrogens with one attached hydrogen (secondary N) is 1. The van der Waals surface area contributed by atoms with Crippen LogP contribution in [0.4, 0.5) is 0 Å². The van der Waals surface area contributed by atoms with Crippen molar-refractivity contribution in [2.75, 3.05) is 32.8 Å². The van der Waals surface area contributed by atoms with Crippen LogP contribution < -0.4 is 5.32 Å². The maximum absolute atomic E-state index is 5.40. The Morgan fingerprint density at radius 1 is 1.38 bits per heavy atom. The Bertz CT molecular complexity index is 580. The SMILES string of the molecule is CC(CN1CCOCC1)NC(C)c1cnc2ccsc2c1. The molecule has 0 spiro atoms. The minimum Gasteiger partial charge on any atom is -0.379 e. The minimum absolute atomic E-state index is 0.319. The fourth-order valence-electron chi connectivity index (χ4n) is 2.85. The molecular weight excluding hydrogens is 282 g/mol. The number of hydrogen-bond donors (Lipinski definition) is 1. The number of morpholine rings is 1. The molecular formula is C16H23N3OS. The smallest absolute Gasteiger partial charge is 0.0809 e. The van der Waals surface area contributed by atoms with Gasteiger partial charge in [-0.1, -0.05) is 0 Å². The van der Waals surface area contributed by atoms with Crippen molar-refractivity contribution in [3.63, 3.8) is 0 Å². The summed E-state index contributed by atoms with van der Waals surface area (Å²) in [4.78, 5) is 7.00. The Hall–Kier alpha value is -1.01. The fourth-order valence-corrected chi connectivity index (χ4v) is 3.63. The number of thiophene rings is 1. The van der Waals surface area contributed by atoms with E-state index in [9.17, 15) is 0 Å². The third-order valence-electron chi connectivity index (χ3n) is 3.99. The predicted octanol–water partition coefficient (Wildman–Crippen LogP) is 2.67. The van der Waals surface area contributed by atoms with E-state index in [1.807, 2.05) is 6.20 Å². The van der Waals surface area contributed by atoms with Crippen molar-refractivity contribution in [1.82, 2.24) is 15.2 Å². The van der Waals surface area contributed by atoms with Gasteiger partial charge >= 0.3 is 0 Å². The number of ether oxygens (including phenoxy) is 1. The van der Waals surface area contributed by atoms with Gasteiger partial charge in [-0.25, -0.2) is 0 Å². The average molecular weight is 305 g/mol. The molecule has 0 radical (unpaired) electrons. The molecule has 4 nitrogen and oxygen atoms in total. The summed E-state index contributed by atoms with van der Waals surface area (Å²) in [5.41, 5.74) is 2.36. The van der Waals surface area contributed by atoms with Crippen LogP contribution in [0.25, 0.3) is 10.2 Å². The fraction of sp³-hybridized carbons (Fsp3) is 0.562. The third kappa shape index (κ3) is 3.80. The lowest BCUT2D eigenvalue weighted by atomic mass is 10.1. The molecule has 1 N–H and O–H groups in total. The summed E-state index contributed by atoms with van der Waals surface area (Å²) in [6.45, 7) is 9.35. The molecule has 0 aliphatic carbocycles. The first kappa shape index (κ1) is 14.9. The quantitative estimate of drug-likeness (QED) is 0.921. The normalized spacial score (nSPS) is 19.7. The van der Waals surface area contributed by atoms with Gasteiger partial charge < -0.3 is 10.1 Å². The number of pyridine rings is 1. The van der Waals surface area contributed by atoms with E-state index in [1.165, 1.54) is 10.3 Å². The third-order valence-corrected chi connectivity index (χ3v) is 4.85. The van der Waals surface area contributed by atoms with Gasteiger partial charge in [-0.15, -0.1) is 11.3 Å². The second-order valence-electron chi connectivity index (χ2n) is 5.78. The van der Waals surface area contributed by atoms with E-state index in [0.717, 1.165) is 38.4 Å². The highest BCUT2D eigenvalue weighted by atomic mass is 32.1. The summed E-state index contributed by atoms with van der Waals surface area (Å²) >= 11 is 1.75. The first-order chi connectivity index (χ1) is 10.2.